The van der Waals surface area contributed by atoms with Gasteiger partial charge in [0.05, 0.1) is 0 Å². The van der Waals surface area contributed by atoms with Crippen molar-refractivity contribution in [2.75, 3.05) is 12.0 Å². The second kappa shape index (κ2) is 9.28. The molecule has 0 aliphatic rings. The van der Waals surface area contributed by atoms with Crippen LogP contribution in [0.2, 0.25) is 0 Å². The summed E-state index contributed by atoms with van der Waals surface area (Å²) in [5, 5.41) is 15.4. The number of aromatic nitrogens is 1. The first-order valence-corrected chi connectivity index (χ1v) is 9.66. The summed E-state index contributed by atoms with van der Waals surface area (Å²) in [6.07, 6.45) is 4.26. The summed E-state index contributed by atoms with van der Waals surface area (Å²) in [6.45, 7) is 1.33. The summed E-state index contributed by atoms with van der Waals surface area (Å²) in [6, 6.07) is 5.84. The van der Waals surface area contributed by atoms with Crippen LogP contribution in [0, 0.1) is 0 Å². The van der Waals surface area contributed by atoms with Crippen LogP contribution in [0.3, 0.4) is 0 Å². The minimum Gasteiger partial charge on any atom is -0.480 e. The van der Waals surface area contributed by atoms with Crippen molar-refractivity contribution < 1.29 is 19.5 Å². The lowest BCUT2D eigenvalue weighted by molar-refractivity contribution is -0.142. The van der Waals surface area contributed by atoms with Crippen LogP contribution in [0.1, 0.15) is 18.9 Å². The van der Waals surface area contributed by atoms with E-state index in [1.807, 2.05) is 30.5 Å². The predicted molar refractivity (Wildman–Crippen MR) is 102 cm³/mol. The van der Waals surface area contributed by atoms with Gasteiger partial charge in [-0.15, -0.1) is 0 Å². The van der Waals surface area contributed by atoms with Gasteiger partial charge in [-0.1, -0.05) is 18.2 Å². The third-order valence-corrected chi connectivity index (χ3v) is 4.66. The number of fused-ring (bicyclic) bond motifs is 1. The molecule has 0 spiro atoms. The van der Waals surface area contributed by atoms with Crippen LogP contribution >= 0.6 is 11.8 Å². The Balaban J connectivity index is 2.16. The topological polar surface area (TPSA) is 111 Å². The van der Waals surface area contributed by atoms with Gasteiger partial charge in [-0.2, -0.15) is 11.8 Å². The second-order valence-electron chi connectivity index (χ2n) is 6.00. The molecule has 1 aromatic carbocycles. The first-order valence-electron chi connectivity index (χ1n) is 8.26. The van der Waals surface area contributed by atoms with E-state index in [1.54, 1.807) is 6.20 Å². The number of hydrogen-bond donors (Lipinski definition) is 4. The van der Waals surface area contributed by atoms with Crippen molar-refractivity contribution in [3.8, 4) is 0 Å². The van der Waals surface area contributed by atoms with Gasteiger partial charge in [-0.3, -0.25) is 9.59 Å². The summed E-state index contributed by atoms with van der Waals surface area (Å²) >= 11 is 1.51. The van der Waals surface area contributed by atoms with Crippen LogP contribution in [0.5, 0.6) is 0 Å². The van der Waals surface area contributed by atoms with Crippen LogP contribution in [-0.2, 0) is 20.8 Å². The number of thioether (sulfide) groups is 1. The first kappa shape index (κ1) is 19.8. The van der Waals surface area contributed by atoms with E-state index in [0.717, 1.165) is 16.5 Å². The van der Waals surface area contributed by atoms with Crippen molar-refractivity contribution in [3.05, 3.63) is 36.0 Å². The van der Waals surface area contributed by atoms with Gasteiger partial charge in [-0.25, -0.2) is 4.79 Å². The highest BCUT2D eigenvalue weighted by molar-refractivity contribution is 7.98. The number of aromatic amines is 1. The zero-order chi connectivity index (χ0) is 19.1. The SMILES string of the molecule is CSCC[C@H](NC(=O)[C@H](Cc1c[nH]c2ccccc12)NC(C)=O)C(=O)O. The predicted octanol–water partition coefficient (Wildman–Crippen LogP) is 1.54. The van der Waals surface area contributed by atoms with Crippen molar-refractivity contribution >= 4 is 40.4 Å². The number of carboxylic acids is 1. The van der Waals surface area contributed by atoms with Gasteiger partial charge in [0.15, 0.2) is 0 Å². The maximum atomic E-state index is 12.6. The molecule has 0 aliphatic heterocycles. The van der Waals surface area contributed by atoms with E-state index >= 15 is 0 Å². The number of amides is 2. The maximum Gasteiger partial charge on any atom is 0.326 e. The van der Waals surface area contributed by atoms with Gasteiger partial charge in [0, 0.05) is 30.4 Å². The van der Waals surface area contributed by atoms with Crippen molar-refractivity contribution in [1.29, 1.82) is 0 Å². The lowest BCUT2D eigenvalue weighted by Gasteiger charge is -2.21. The molecule has 0 bridgehead atoms. The summed E-state index contributed by atoms with van der Waals surface area (Å²) in [4.78, 5) is 38.6. The molecule has 0 fully saturated rings. The number of carbonyl (C=O) groups is 3. The molecule has 0 saturated heterocycles. The molecule has 2 rings (SSSR count). The molecule has 0 radical (unpaired) electrons. The third kappa shape index (κ3) is 5.26. The molecule has 1 aromatic heterocycles. The molecule has 7 nitrogen and oxygen atoms in total. The summed E-state index contributed by atoms with van der Waals surface area (Å²) in [7, 11) is 0. The van der Waals surface area contributed by atoms with E-state index in [9.17, 15) is 19.5 Å². The van der Waals surface area contributed by atoms with Gasteiger partial charge in [-0.05, 0) is 30.1 Å². The van der Waals surface area contributed by atoms with Crippen LogP contribution in [0.15, 0.2) is 30.5 Å². The van der Waals surface area contributed by atoms with Crippen molar-refractivity contribution in [2.24, 2.45) is 0 Å². The Morgan fingerprint density at radius 2 is 1.92 bits per heavy atom. The largest absolute Gasteiger partial charge is 0.480 e. The van der Waals surface area contributed by atoms with Crippen LogP contribution < -0.4 is 10.6 Å². The van der Waals surface area contributed by atoms with E-state index in [2.05, 4.69) is 15.6 Å². The molecule has 0 unspecified atom stereocenters. The molecular formula is C18H23N3O4S. The average molecular weight is 377 g/mol. The zero-order valence-corrected chi connectivity index (χ0v) is 15.6. The van der Waals surface area contributed by atoms with E-state index < -0.39 is 24.0 Å². The number of para-hydroxylation sites is 1. The smallest absolute Gasteiger partial charge is 0.326 e. The molecule has 140 valence electrons. The number of aliphatic carboxylic acids is 1. The van der Waals surface area contributed by atoms with E-state index in [1.165, 1.54) is 18.7 Å². The molecule has 0 saturated carbocycles. The van der Waals surface area contributed by atoms with Gasteiger partial charge < -0.3 is 20.7 Å². The fourth-order valence-corrected chi connectivity index (χ4v) is 3.21. The lowest BCUT2D eigenvalue weighted by atomic mass is 10.0. The lowest BCUT2D eigenvalue weighted by Crippen LogP contribution is -2.52. The van der Waals surface area contributed by atoms with Crippen LogP contribution in [-0.4, -0.2) is 52.0 Å². The second-order valence-corrected chi connectivity index (χ2v) is 6.98. The van der Waals surface area contributed by atoms with Gasteiger partial charge in [0.1, 0.15) is 12.1 Å². The van der Waals surface area contributed by atoms with Crippen molar-refractivity contribution in [1.82, 2.24) is 15.6 Å². The molecule has 4 N–H and O–H groups in total. The normalized spacial score (nSPS) is 13.2. The van der Waals surface area contributed by atoms with Gasteiger partial charge >= 0.3 is 5.97 Å². The Morgan fingerprint density at radius 1 is 1.19 bits per heavy atom. The Hall–Kier alpha value is -2.48. The van der Waals surface area contributed by atoms with Crippen LogP contribution in [0.25, 0.3) is 10.9 Å². The zero-order valence-electron chi connectivity index (χ0n) is 14.7. The van der Waals surface area contributed by atoms with Gasteiger partial charge in [0.2, 0.25) is 11.8 Å². The molecular weight excluding hydrogens is 354 g/mol. The third-order valence-electron chi connectivity index (χ3n) is 4.02. The number of carboxylic acid groups (broad SMARTS) is 1. The fourth-order valence-electron chi connectivity index (χ4n) is 2.74. The minimum absolute atomic E-state index is 0.268. The van der Waals surface area contributed by atoms with Crippen molar-refractivity contribution in [2.45, 2.75) is 31.8 Å². The first-order chi connectivity index (χ1) is 12.4. The fraction of sp³-hybridized carbons (Fsp3) is 0.389. The Bertz CT molecular complexity index is 790. The Kier molecular flexibility index (Phi) is 7.08. The molecule has 26 heavy (non-hydrogen) atoms. The molecule has 2 amide bonds. The Labute approximate surface area is 155 Å². The number of rotatable bonds is 9. The number of carbonyl (C=O) groups excluding carboxylic acids is 2. The van der Waals surface area contributed by atoms with E-state index in [0.29, 0.717) is 12.2 Å². The van der Waals surface area contributed by atoms with E-state index in [4.69, 9.17) is 0 Å². The van der Waals surface area contributed by atoms with Crippen LogP contribution in [0.4, 0.5) is 0 Å². The number of H-pyrrole nitrogens is 1. The molecule has 2 atom stereocenters. The molecule has 0 aliphatic carbocycles. The summed E-state index contributed by atoms with van der Waals surface area (Å²) in [5.74, 6) is -1.31. The standard InChI is InChI=1S/C18H23N3O4S/c1-11(22)20-16(17(23)21-15(18(24)25)7-8-26-2)9-12-10-19-14-6-4-3-5-13(12)14/h3-6,10,15-16,19H,7-9H2,1-2H3,(H,20,22)(H,21,23)(H,24,25)/t15-,16-/m0/s1. The van der Waals surface area contributed by atoms with E-state index in [-0.39, 0.29) is 12.3 Å². The number of benzene rings is 1. The monoisotopic (exact) mass is 377 g/mol. The quantitative estimate of drug-likeness (QED) is 0.530. The molecule has 1 heterocycles. The summed E-state index contributed by atoms with van der Waals surface area (Å²) < 4.78 is 0. The molecule has 8 heteroatoms. The highest BCUT2D eigenvalue weighted by Gasteiger charge is 2.26. The highest BCUT2D eigenvalue weighted by Crippen LogP contribution is 2.19. The minimum atomic E-state index is -1.08. The average Bonchev–Trinajstić information content (AvgIpc) is 3.00. The number of nitrogens with one attached hydrogen (secondary N) is 3. The maximum absolute atomic E-state index is 12.6. The van der Waals surface area contributed by atoms with Gasteiger partial charge in [0.25, 0.3) is 0 Å². The Morgan fingerprint density at radius 3 is 2.58 bits per heavy atom. The van der Waals surface area contributed by atoms with Crippen molar-refractivity contribution in [3.63, 3.8) is 0 Å². The summed E-state index contributed by atoms with van der Waals surface area (Å²) in [5.41, 5.74) is 1.82. The molecule has 2 aromatic rings. The highest BCUT2D eigenvalue weighted by atomic mass is 32.2. The number of hydrogen-bond acceptors (Lipinski definition) is 4.